The van der Waals surface area contributed by atoms with Crippen LogP contribution in [0.2, 0.25) is 0 Å². The number of H-pyrrole nitrogens is 1. The lowest BCUT2D eigenvalue weighted by Crippen LogP contribution is -2.64. The van der Waals surface area contributed by atoms with Crippen molar-refractivity contribution in [3.63, 3.8) is 0 Å². The Morgan fingerprint density at radius 2 is 1.80 bits per heavy atom. The Kier molecular flexibility index (Phi) is 4.06. The molecular weight excluding hydrogens is 310 g/mol. The van der Waals surface area contributed by atoms with Gasteiger partial charge in [0.25, 0.3) is 0 Å². The minimum Gasteiger partial charge on any atom is -0.298 e. The summed E-state index contributed by atoms with van der Waals surface area (Å²) in [6, 6.07) is 10.6. The van der Waals surface area contributed by atoms with Crippen molar-refractivity contribution < 1.29 is 0 Å². The molecular formula is C20H27N5. The van der Waals surface area contributed by atoms with Crippen molar-refractivity contribution in [2.75, 3.05) is 26.2 Å². The number of hydrogen-bond acceptors (Lipinski definition) is 4. The molecule has 3 fully saturated rings. The summed E-state index contributed by atoms with van der Waals surface area (Å²) in [7, 11) is 0. The molecule has 3 heterocycles. The molecule has 3 aliphatic rings. The molecule has 1 aliphatic carbocycles. The van der Waals surface area contributed by atoms with E-state index in [0.29, 0.717) is 5.92 Å². The summed E-state index contributed by atoms with van der Waals surface area (Å²) in [5.74, 6) is 0.686. The summed E-state index contributed by atoms with van der Waals surface area (Å²) in [6.45, 7) is 5.14. The number of rotatable bonds is 4. The van der Waals surface area contributed by atoms with Crippen molar-refractivity contribution in [3.05, 3.63) is 36.0 Å². The predicted molar refractivity (Wildman–Crippen MR) is 98.4 cm³/mol. The number of aromatic nitrogens is 3. The third-order valence-corrected chi connectivity index (χ3v) is 6.60. The standard InChI is InChI=1S/C20H27N5/c1-3-16(11-17(4-1)20-12-21-23-22-20)15-7-9-24(10-8-15)19-13-25(14-19)18-5-2-6-18/h1,3-4,11-12,15,18-19H,2,5-10,13-14H2,(H,21,22,23). The molecule has 25 heavy (non-hydrogen) atoms. The van der Waals surface area contributed by atoms with Gasteiger partial charge in [-0.05, 0) is 56.3 Å². The Morgan fingerprint density at radius 1 is 0.960 bits per heavy atom. The largest absolute Gasteiger partial charge is 0.298 e. The summed E-state index contributed by atoms with van der Waals surface area (Å²) in [6.07, 6.45) is 8.69. The van der Waals surface area contributed by atoms with E-state index in [-0.39, 0.29) is 0 Å². The van der Waals surface area contributed by atoms with Crippen molar-refractivity contribution >= 4 is 0 Å². The Balaban J connectivity index is 1.17. The maximum Gasteiger partial charge on any atom is 0.112 e. The summed E-state index contributed by atoms with van der Waals surface area (Å²) in [5.41, 5.74) is 3.57. The Morgan fingerprint density at radius 3 is 2.48 bits per heavy atom. The molecule has 0 radical (unpaired) electrons. The van der Waals surface area contributed by atoms with Crippen LogP contribution in [0.5, 0.6) is 0 Å². The average Bonchev–Trinajstić information content (AvgIpc) is 3.11. The molecule has 132 valence electrons. The number of hydrogen-bond donors (Lipinski definition) is 1. The molecule has 1 saturated carbocycles. The van der Waals surface area contributed by atoms with Gasteiger partial charge in [0.2, 0.25) is 0 Å². The Bertz CT molecular complexity index is 695. The number of nitrogens with one attached hydrogen (secondary N) is 1. The van der Waals surface area contributed by atoms with Gasteiger partial charge in [-0.2, -0.15) is 15.4 Å². The summed E-state index contributed by atoms with van der Waals surface area (Å²) >= 11 is 0. The number of likely N-dealkylation sites (tertiary alicyclic amines) is 2. The highest BCUT2D eigenvalue weighted by atomic mass is 15.3. The van der Waals surface area contributed by atoms with Crippen LogP contribution in [0.15, 0.2) is 30.5 Å². The molecule has 0 atom stereocenters. The Hall–Kier alpha value is -1.72. The quantitative estimate of drug-likeness (QED) is 0.932. The van der Waals surface area contributed by atoms with Crippen LogP contribution in [0.25, 0.3) is 11.3 Å². The van der Waals surface area contributed by atoms with Gasteiger partial charge in [0.1, 0.15) is 5.69 Å². The molecule has 5 rings (SSSR count). The zero-order valence-electron chi connectivity index (χ0n) is 14.8. The maximum absolute atomic E-state index is 4.21. The SMILES string of the molecule is c1cc(-c2cn[nH]n2)cc(C2CCN(C3CN(C4CCC4)C3)CC2)c1. The Labute approximate surface area is 149 Å². The van der Waals surface area contributed by atoms with E-state index >= 15 is 0 Å². The van der Waals surface area contributed by atoms with Crippen molar-refractivity contribution in [2.24, 2.45) is 0 Å². The molecule has 2 saturated heterocycles. The lowest BCUT2D eigenvalue weighted by molar-refractivity contribution is -0.0261. The van der Waals surface area contributed by atoms with Gasteiger partial charge in [0.15, 0.2) is 0 Å². The van der Waals surface area contributed by atoms with Crippen molar-refractivity contribution in [1.82, 2.24) is 25.2 Å². The first-order valence-electron chi connectivity index (χ1n) is 9.81. The van der Waals surface area contributed by atoms with Gasteiger partial charge in [-0.25, -0.2) is 0 Å². The zero-order valence-corrected chi connectivity index (χ0v) is 14.8. The molecule has 5 nitrogen and oxygen atoms in total. The van der Waals surface area contributed by atoms with E-state index in [1.165, 1.54) is 69.4 Å². The summed E-state index contributed by atoms with van der Waals surface area (Å²) in [5, 5.41) is 10.8. The van der Waals surface area contributed by atoms with E-state index in [1.54, 1.807) is 6.20 Å². The van der Waals surface area contributed by atoms with Crippen molar-refractivity contribution in [1.29, 1.82) is 0 Å². The number of nitrogens with zero attached hydrogens (tertiary/aromatic N) is 4. The third kappa shape index (κ3) is 3.00. The molecule has 0 spiro atoms. The van der Waals surface area contributed by atoms with Crippen LogP contribution in [-0.2, 0) is 0 Å². The van der Waals surface area contributed by atoms with Crippen LogP contribution in [0.1, 0.15) is 43.6 Å². The minimum absolute atomic E-state index is 0.686. The summed E-state index contributed by atoms with van der Waals surface area (Å²) in [4.78, 5) is 5.45. The highest BCUT2D eigenvalue weighted by molar-refractivity contribution is 5.58. The van der Waals surface area contributed by atoms with Gasteiger partial charge in [-0.3, -0.25) is 9.80 Å². The van der Waals surface area contributed by atoms with E-state index in [1.807, 2.05) is 0 Å². The zero-order chi connectivity index (χ0) is 16.6. The molecule has 0 amide bonds. The molecule has 2 aliphatic heterocycles. The smallest absolute Gasteiger partial charge is 0.112 e. The lowest BCUT2D eigenvalue weighted by atomic mass is 9.85. The second-order valence-corrected chi connectivity index (χ2v) is 7.98. The third-order valence-electron chi connectivity index (χ3n) is 6.60. The number of aromatic amines is 1. The van der Waals surface area contributed by atoms with Crippen LogP contribution in [0, 0.1) is 0 Å². The first-order valence-corrected chi connectivity index (χ1v) is 9.81. The minimum atomic E-state index is 0.686. The van der Waals surface area contributed by atoms with E-state index in [4.69, 9.17) is 0 Å². The molecule has 0 unspecified atom stereocenters. The second-order valence-electron chi connectivity index (χ2n) is 7.98. The maximum atomic E-state index is 4.21. The van der Waals surface area contributed by atoms with Gasteiger partial charge in [0.05, 0.1) is 6.20 Å². The highest BCUT2D eigenvalue weighted by Crippen LogP contribution is 2.34. The van der Waals surface area contributed by atoms with Gasteiger partial charge in [0, 0.05) is 30.7 Å². The van der Waals surface area contributed by atoms with Gasteiger partial charge in [-0.1, -0.05) is 24.6 Å². The first-order chi connectivity index (χ1) is 12.4. The fraction of sp³-hybridized carbons (Fsp3) is 0.600. The second kappa shape index (κ2) is 6.54. The highest BCUT2D eigenvalue weighted by Gasteiger charge is 2.38. The molecule has 0 bridgehead atoms. The molecule has 1 aromatic heterocycles. The molecule has 1 aromatic carbocycles. The number of benzene rings is 1. The fourth-order valence-corrected chi connectivity index (χ4v) is 4.66. The molecule has 2 aromatic rings. The number of piperidine rings is 1. The van der Waals surface area contributed by atoms with Crippen LogP contribution in [0.3, 0.4) is 0 Å². The van der Waals surface area contributed by atoms with E-state index in [0.717, 1.165) is 17.8 Å². The van der Waals surface area contributed by atoms with Gasteiger partial charge < -0.3 is 0 Å². The summed E-state index contributed by atoms with van der Waals surface area (Å²) < 4.78 is 0. The van der Waals surface area contributed by atoms with Crippen molar-refractivity contribution in [2.45, 2.75) is 50.1 Å². The average molecular weight is 337 g/mol. The normalized spacial score (nSPS) is 24.2. The van der Waals surface area contributed by atoms with Crippen LogP contribution in [0.4, 0.5) is 0 Å². The molecule has 5 heteroatoms. The molecule has 1 N–H and O–H groups in total. The van der Waals surface area contributed by atoms with E-state index in [9.17, 15) is 0 Å². The fourth-order valence-electron chi connectivity index (χ4n) is 4.66. The van der Waals surface area contributed by atoms with Crippen LogP contribution >= 0.6 is 0 Å². The predicted octanol–water partition coefficient (Wildman–Crippen LogP) is 2.89. The van der Waals surface area contributed by atoms with Crippen LogP contribution < -0.4 is 0 Å². The van der Waals surface area contributed by atoms with Gasteiger partial charge in [-0.15, -0.1) is 0 Å². The monoisotopic (exact) mass is 337 g/mol. The van der Waals surface area contributed by atoms with Gasteiger partial charge >= 0.3 is 0 Å². The van der Waals surface area contributed by atoms with Crippen molar-refractivity contribution in [3.8, 4) is 11.3 Å². The first kappa shape index (κ1) is 15.5. The van der Waals surface area contributed by atoms with E-state index in [2.05, 4.69) is 49.5 Å². The topological polar surface area (TPSA) is 48.1 Å². The van der Waals surface area contributed by atoms with E-state index < -0.39 is 0 Å². The lowest BCUT2D eigenvalue weighted by Gasteiger charge is -2.52. The van der Waals surface area contributed by atoms with Crippen LogP contribution in [-0.4, -0.2) is 63.5 Å².